The summed E-state index contributed by atoms with van der Waals surface area (Å²) in [4.78, 5) is 45.5. The molecule has 0 saturated carbocycles. The van der Waals surface area contributed by atoms with Crippen LogP contribution in [-0.2, 0) is 32.3 Å². The predicted octanol–water partition coefficient (Wildman–Crippen LogP) is 2.26. The molecule has 43 heavy (non-hydrogen) atoms. The molecule has 2 aliphatic heterocycles. The van der Waals surface area contributed by atoms with Crippen LogP contribution in [0.4, 0.5) is 10.2 Å². The average molecular weight is 598 g/mol. The number of carboxylic acid groups (broad SMARTS) is 4. The Morgan fingerprint density at radius 3 is 1.86 bits per heavy atom. The normalized spacial score (nSPS) is 15.0. The molecule has 0 atom stereocenters. The second-order valence-electron chi connectivity index (χ2n) is 9.56. The molecule has 1 aromatic heterocycles. The van der Waals surface area contributed by atoms with E-state index in [9.17, 15) is 23.6 Å². The highest BCUT2D eigenvalue weighted by Gasteiger charge is 2.23. The zero-order valence-electron chi connectivity index (χ0n) is 23.1. The van der Waals surface area contributed by atoms with Gasteiger partial charge in [-0.15, -0.1) is 0 Å². The number of nitrogens with zero attached hydrogens (tertiary/aromatic N) is 4. The van der Waals surface area contributed by atoms with E-state index in [1.807, 2.05) is 12.1 Å². The number of aromatic amines is 1. The Balaban J connectivity index is 0.000000263. The van der Waals surface area contributed by atoms with Gasteiger partial charge in [0, 0.05) is 82.0 Å². The summed E-state index contributed by atoms with van der Waals surface area (Å²) in [5.74, 6) is -4.08. The third-order valence-electron chi connectivity index (χ3n) is 6.55. The van der Waals surface area contributed by atoms with Crippen LogP contribution >= 0.6 is 0 Å². The van der Waals surface area contributed by atoms with Crippen LogP contribution in [0.15, 0.2) is 66.8 Å². The quantitative estimate of drug-likeness (QED) is 0.239. The number of anilines is 1. The molecule has 1 fully saturated rings. The second-order valence-corrected chi connectivity index (χ2v) is 9.56. The number of piperazine rings is 1. The molecule has 0 radical (unpaired) electrons. The number of hydrogen-bond acceptors (Lipinski definition) is 8. The molecule has 0 unspecified atom stereocenters. The lowest BCUT2D eigenvalue weighted by Gasteiger charge is -2.35. The molecule has 2 aromatic carbocycles. The lowest BCUT2D eigenvalue weighted by molar-refractivity contribution is -0.134. The van der Waals surface area contributed by atoms with Crippen molar-refractivity contribution in [2.75, 3.05) is 44.2 Å². The number of aliphatic carboxylic acids is 4. The molecule has 228 valence electrons. The molecule has 3 heterocycles. The van der Waals surface area contributed by atoms with E-state index in [0.717, 1.165) is 69.3 Å². The molecule has 0 bridgehead atoms. The molecular formula is C29H32FN5O8. The van der Waals surface area contributed by atoms with Crippen LogP contribution in [0.1, 0.15) is 11.1 Å². The van der Waals surface area contributed by atoms with Crippen LogP contribution in [0, 0.1) is 5.82 Å². The standard InChI is InChI=1S/C21H24FN5.2C4H4O4/c22-18-6-5-16-14-26(15-17(16)13-18)8-7-25-9-11-27(12-10-25)21-19-3-1-2-4-20(19)23-24-21;2*5-3(6)1-2-4(7)8/h1-6,13H,7-12,14-15H2,(H,23,24);2*1-2H,(H,5,6)(H,7,8)/b;2*2-1-. The average Bonchev–Trinajstić information content (AvgIpc) is 3.59. The SMILES string of the molecule is Fc1ccc2c(c1)CN(CCN1CCN(c3n[nH]c4ccccc34)CC1)C2.O=C(O)/C=C\C(=O)O.O=C(O)/C=C\C(=O)O. The maximum absolute atomic E-state index is 13.4. The van der Waals surface area contributed by atoms with E-state index in [-0.39, 0.29) is 5.82 Å². The van der Waals surface area contributed by atoms with Gasteiger partial charge < -0.3 is 25.3 Å². The molecule has 5 N–H and O–H groups in total. The lowest BCUT2D eigenvalue weighted by Crippen LogP contribution is -2.48. The van der Waals surface area contributed by atoms with Crippen LogP contribution < -0.4 is 4.90 Å². The fourth-order valence-corrected chi connectivity index (χ4v) is 4.53. The summed E-state index contributed by atoms with van der Waals surface area (Å²) < 4.78 is 13.4. The maximum Gasteiger partial charge on any atom is 0.328 e. The zero-order valence-corrected chi connectivity index (χ0v) is 23.1. The van der Waals surface area contributed by atoms with Crippen molar-refractivity contribution in [3.8, 4) is 0 Å². The van der Waals surface area contributed by atoms with Gasteiger partial charge in [0.2, 0.25) is 0 Å². The Bertz CT molecular complexity index is 1430. The number of carbonyl (C=O) groups is 4. The summed E-state index contributed by atoms with van der Waals surface area (Å²) in [5.41, 5.74) is 3.51. The van der Waals surface area contributed by atoms with E-state index >= 15 is 0 Å². The van der Waals surface area contributed by atoms with Gasteiger partial charge >= 0.3 is 23.9 Å². The summed E-state index contributed by atoms with van der Waals surface area (Å²) in [6.07, 6.45) is 2.23. The van der Waals surface area contributed by atoms with Crippen molar-refractivity contribution in [2.24, 2.45) is 0 Å². The molecule has 2 aliphatic rings. The second kappa shape index (κ2) is 15.8. The van der Waals surface area contributed by atoms with Crippen molar-refractivity contribution in [3.05, 3.63) is 83.7 Å². The van der Waals surface area contributed by atoms with Gasteiger partial charge in [-0.1, -0.05) is 18.2 Å². The predicted molar refractivity (Wildman–Crippen MR) is 154 cm³/mol. The summed E-state index contributed by atoms with van der Waals surface area (Å²) in [6.45, 7) is 8.00. The summed E-state index contributed by atoms with van der Waals surface area (Å²) in [6, 6.07) is 13.5. The first-order valence-corrected chi connectivity index (χ1v) is 13.2. The van der Waals surface area contributed by atoms with E-state index in [1.54, 1.807) is 12.1 Å². The van der Waals surface area contributed by atoms with Gasteiger partial charge in [-0.25, -0.2) is 23.6 Å². The van der Waals surface area contributed by atoms with Crippen molar-refractivity contribution in [1.82, 2.24) is 20.0 Å². The Kier molecular flexibility index (Phi) is 11.9. The molecule has 0 aliphatic carbocycles. The Morgan fingerprint density at radius 1 is 0.744 bits per heavy atom. The van der Waals surface area contributed by atoms with Crippen molar-refractivity contribution in [1.29, 1.82) is 0 Å². The number of benzene rings is 2. The smallest absolute Gasteiger partial charge is 0.328 e. The van der Waals surface area contributed by atoms with Crippen molar-refractivity contribution in [2.45, 2.75) is 13.1 Å². The van der Waals surface area contributed by atoms with Gasteiger partial charge in [0.25, 0.3) is 0 Å². The van der Waals surface area contributed by atoms with Crippen LogP contribution in [0.3, 0.4) is 0 Å². The van der Waals surface area contributed by atoms with Gasteiger partial charge in [0.15, 0.2) is 5.82 Å². The largest absolute Gasteiger partial charge is 0.478 e. The molecule has 1 saturated heterocycles. The topological polar surface area (TPSA) is 188 Å². The van der Waals surface area contributed by atoms with Crippen LogP contribution in [0.2, 0.25) is 0 Å². The van der Waals surface area contributed by atoms with E-state index in [4.69, 9.17) is 20.4 Å². The molecule has 3 aromatic rings. The summed E-state index contributed by atoms with van der Waals surface area (Å²) in [7, 11) is 0. The molecular weight excluding hydrogens is 565 g/mol. The summed E-state index contributed by atoms with van der Waals surface area (Å²) in [5, 5.41) is 40.1. The van der Waals surface area contributed by atoms with Gasteiger partial charge in [-0.3, -0.25) is 14.9 Å². The van der Waals surface area contributed by atoms with E-state index in [2.05, 4.69) is 43.1 Å². The minimum Gasteiger partial charge on any atom is -0.478 e. The molecule has 0 spiro atoms. The number of H-pyrrole nitrogens is 1. The third kappa shape index (κ3) is 10.7. The highest BCUT2D eigenvalue weighted by atomic mass is 19.1. The molecule has 0 amide bonds. The number of carboxylic acids is 4. The van der Waals surface area contributed by atoms with Crippen molar-refractivity contribution >= 4 is 40.6 Å². The number of hydrogen-bond donors (Lipinski definition) is 5. The lowest BCUT2D eigenvalue weighted by atomic mass is 10.1. The van der Waals surface area contributed by atoms with E-state index in [0.29, 0.717) is 24.3 Å². The number of halogens is 1. The number of aromatic nitrogens is 2. The van der Waals surface area contributed by atoms with E-state index in [1.165, 1.54) is 10.9 Å². The monoisotopic (exact) mass is 597 g/mol. The number of para-hydroxylation sites is 1. The molecule has 14 heteroatoms. The van der Waals surface area contributed by atoms with Crippen molar-refractivity contribution < 1.29 is 44.0 Å². The van der Waals surface area contributed by atoms with Gasteiger partial charge in [0.05, 0.1) is 5.52 Å². The molecule has 5 rings (SSSR count). The first-order valence-electron chi connectivity index (χ1n) is 13.2. The Labute approximate surface area is 245 Å². The highest BCUT2D eigenvalue weighted by molar-refractivity contribution is 5.91. The minimum absolute atomic E-state index is 0.127. The fourth-order valence-electron chi connectivity index (χ4n) is 4.53. The van der Waals surface area contributed by atoms with Crippen LogP contribution in [0.5, 0.6) is 0 Å². The first kappa shape index (κ1) is 32.4. The van der Waals surface area contributed by atoms with Gasteiger partial charge in [-0.2, -0.15) is 5.10 Å². The maximum atomic E-state index is 13.4. The Morgan fingerprint density at radius 2 is 1.28 bits per heavy atom. The fraction of sp³-hybridized carbons (Fsp3) is 0.276. The number of nitrogens with one attached hydrogen (secondary N) is 1. The van der Waals surface area contributed by atoms with Gasteiger partial charge in [-0.05, 0) is 35.4 Å². The van der Waals surface area contributed by atoms with Crippen molar-refractivity contribution in [3.63, 3.8) is 0 Å². The number of rotatable bonds is 8. The van der Waals surface area contributed by atoms with Crippen LogP contribution in [-0.4, -0.2) is 104 Å². The zero-order chi connectivity index (χ0) is 31.4. The van der Waals surface area contributed by atoms with Gasteiger partial charge in [0.1, 0.15) is 5.82 Å². The van der Waals surface area contributed by atoms with Crippen LogP contribution in [0.25, 0.3) is 10.9 Å². The third-order valence-corrected chi connectivity index (χ3v) is 6.55. The highest BCUT2D eigenvalue weighted by Crippen LogP contribution is 2.25. The Hall–Kier alpha value is -5.08. The van der Waals surface area contributed by atoms with E-state index < -0.39 is 23.9 Å². The minimum atomic E-state index is -1.26. The molecule has 13 nitrogen and oxygen atoms in total. The number of fused-ring (bicyclic) bond motifs is 2. The first-order chi connectivity index (χ1) is 20.5. The summed E-state index contributed by atoms with van der Waals surface area (Å²) >= 11 is 0.